The molecular formula is C17H12FN3O3S2. The summed E-state index contributed by atoms with van der Waals surface area (Å²) >= 11 is 7.05. The van der Waals surface area contributed by atoms with Gasteiger partial charge in [0.15, 0.2) is 5.11 Å². The van der Waals surface area contributed by atoms with Crippen molar-refractivity contribution >= 4 is 46.4 Å². The van der Waals surface area contributed by atoms with Gasteiger partial charge in [-0.1, -0.05) is 12.1 Å². The minimum absolute atomic E-state index is 0.00150. The van der Waals surface area contributed by atoms with Gasteiger partial charge in [-0.3, -0.25) is 19.8 Å². The molecule has 132 valence electrons. The summed E-state index contributed by atoms with van der Waals surface area (Å²) in [5.41, 5.74) is 1.24. The first kappa shape index (κ1) is 16.9. The average Bonchev–Trinajstić information content (AvgIpc) is 3.17. The fourth-order valence-corrected chi connectivity index (χ4v) is 5.07. The highest BCUT2D eigenvalue weighted by Gasteiger charge is 2.50. The van der Waals surface area contributed by atoms with Crippen LogP contribution in [0.3, 0.4) is 0 Å². The van der Waals surface area contributed by atoms with E-state index in [4.69, 9.17) is 12.2 Å². The number of thioether (sulfide) groups is 1. The first-order valence-corrected chi connectivity index (χ1v) is 9.21. The number of amides is 1. The lowest BCUT2D eigenvalue weighted by Gasteiger charge is -2.25. The molecule has 0 aliphatic carbocycles. The molecule has 9 heteroatoms. The Morgan fingerprint density at radius 1 is 1.23 bits per heavy atom. The highest BCUT2D eigenvalue weighted by molar-refractivity contribution is 7.99. The van der Waals surface area contributed by atoms with Crippen molar-refractivity contribution in [2.75, 3.05) is 10.7 Å². The fourth-order valence-electron chi connectivity index (χ4n) is 3.17. The molecule has 2 aromatic rings. The number of carbonyl (C=O) groups excluding carboxylic acids is 1. The van der Waals surface area contributed by atoms with E-state index in [0.717, 1.165) is 5.56 Å². The normalized spacial score (nSPS) is 22.0. The van der Waals surface area contributed by atoms with Crippen molar-refractivity contribution in [3.8, 4) is 0 Å². The minimum Gasteiger partial charge on any atom is -0.319 e. The lowest BCUT2D eigenvalue weighted by Crippen LogP contribution is -2.33. The zero-order valence-electron chi connectivity index (χ0n) is 13.2. The third-order valence-corrected chi connectivity index (χ3v) is 6.09. The molecule has 6 nitrogen and oxygen atoms in total. The number of hydrogen-bond donors (Lipinski definition) is 0. The van der Waals surface area contributed by atoms with Crippen molar-refractivity contribution in [3.63, 3.8) is 0 Å². The standard InChI is InChI=1S/C17H12FN3O3S2/c18-11-4-6-12(7-5-11)19-15(22)14-9-26-16(20(14)17(19)25)10-2-1-3-13(8-10)21(23)24/h1-8,14,16H,9H2/t14-,16?/m0/s1. The van der Waals surface area contributed by atoms with Gasteiger partial charge in [-0.2, -0.15) is 0 Å². The molecule has 2 aliphatic heterocycles. The van der Waals surface area contributed by atoms with Crippen molar-refractivity contribution in [2.45, 2.75) is 11.4 Å². The molecule has 0 saturated carbocycles. The van der Waals surface area contributed by atoms with Crippen molar-refractivity contribution in [1.82, 2.24) is 4.90 Å². The summed E-state index contributed by atoms with van der Waals surface area (Å²) in [4.78, 5) is 26.6. The Hall–Kier alpha value is -2.52. The number of nitro benzene ring substituents is 1. The fraction of sp³-hybridized carbons (Fsp3) is 0.176. The molecule has 26 heavy (non-hydrogen) atoms. The summed E-state index contributed by atoms with van der Waals surface area (Å²) < 4.78 is 13.2. The molecule has 0 N–H and O–H groups in total. The van der Waals surface area contributed by atoms with Crippen LogP contribution in [0.5, 0.6) is 0 Å². The van der Waals surface area contributed by atoms with Gasteiger partial charge in [-0.25, -0.2) is 4.39 Å². The molecule has 2 heterocycles. The highest BCUT2D eigenvalue weighted by atomic mass is 32.2. The first-order valence-electron chi connectivity index (χ1n) is 7.75. The number of anilines is 1. The topological polar surface area (TPSA) is 66.7 Å². The number of rotatable bonds is 3. The summed E-state index contributed by atoms with van der Waals surface area (Å²) in [6, 6.07) is 11.5. The maximum absolute atomic E-state index is 13.2. The Bertz CT molecular complexity index is 922. The number of thiocarbonyl (C=S) groups is 1. The van der Waals surface area contributed by atoms with Gasteiger partial charge < -0.3 is 4.90 Å². The van der Waals surface area contributed by atoms with Gasteiger partial charge in [0.25, 0.3) is 11.6 Å². The van der Waals surface area contributed by atoms with Crippen LogP contribution in [0.4, 0.5) is 15.8 Å². The molecule has 1 unspecified atom stereocenters. The number of benzene rings is 2. The Kier molecular flexibility index (Phi) is 4.12. The molecule has 0 radical (unpaired) electrons. The van der Waals surface area contributed by atoms with Crippen LogP contribution < -0.4 is 4.90 Å². The van der Waals surface area contributed by atoms with Crippen LogP contribution in [-0.2, 0) is 4.79 Å². The van der Waals surface area contributed by atoms with Gasteiger partial charge in [-0.15, -0.1) is 11.8 Å². The van der Waals surface area contributed by atoms with E-state index in [1.54, 1.807) is 12.1 Å². The molecule has 2 fully saturated rings. The number of halogens is 1. The quantitative estimate of drug-likeness (QED) is 0.455. The van der Waals surface area contributed by atoms with Gasteiger partial charge in [0.05, 0.1) is 10.6 Å². The third kappa shape index (κ3) is 2.63. The molecule has 0 bridgehead atoms. The van der Waals surface area contributed by atoms with Gasteiger partial charge in [-0.05, 0) is 42.0 Å². The second-order valence-electron chi connectivity index (χ2n) is 5.89. The largest absolute Gasteiger partial charge is 0.319 e. The summed E-state index contributed by atoms with van der Waals surface area (Å²) in [6.07, 6.45) is 0. The van der Waals surface area contributed by atoms with Crippen LogP contribution in [-0.4, -0.2) is 32.6 Å². The lowest BCUT2D eigenvalue weighted by molar-refractivity contribution is -0.384. The predicted octanol–water partition coefficient (Wildman–Crippen LogP) is 3.48. The second-order valence-corrected chi connectivity index (χ2v) is 7.37. The Morgan fingerprint density at radius 3 is 2.65 bits per heavy atom. The van der Waals surface area contributed by atoms with Crippen LogP contribution in [0.1, 0.15) is 10.9 Å². The zero-order chi connectivity index (χ0) is 18.4. The monoisotopic (exact) mass is 389 g/mol. The summed E-state index contributed by atoms with van der Waals surface area (Å²) in [5, 5.41) is 11.1. The molecule has 2 aromatic carbocycles. The predicted molar refractivity (Wildman–Crippen MR) is 100 cm³/mol. The van der Waals surface area contributed by atoms with E-state index < -0.39 is 16.8 Å². The SMILES string of the molecule is O=C1[C@@H]2CSC(c3cccc([N+](=O)[O-])c3)N2C(=S)N1c1ccc(F)cc1. The number of carbonyl (C=O) groups is 1. The van der Waals surface area contributed by atoms with Gasteiger partial charge in [0, 0.05) is 17.9 Å². The van der Waals surface area contributed by atoms with E-state index >= 15 is 0 Å². The summed E-state index contributed by atoms with van der Waals surface area (Å²) in [7, 11) is 0. The summed E-state index contributed by atoms with van der Waals surface area (Å²) in [6.45, 7) is 0. The molecule has 2 saturated heterocycles. The van der Waals surface area contributed by atoms with E-state index in [2.05, 4.69) is 0 Å². The number of hydrogen-bond acceptors (Lipinski definition) is 5. The van der Waals surface area contributed by atoms with Gasteiger partial charge in [0.1, 0.15) is 17.2 Å². The molecule has 0 spiro atoms. The van der Waals surface area contributed by atoms with Crippen molar-refractivity contribution < 1.29 is 14.1 Å². The van der Waals surface area contributed by atoms with Crippen LogP contribution in [0, 0.1) is 15.9 Å². The van der Waals surface area contributed by atoms with E-state index in [1.165, 1.54) is 53.1 Å². The molecule has 0 aromatic heterocycles. The van der Waals surface area contributed by atoms with E-state index in [9.17, 15) is 19.3 Å². The third-order valence-electron chi connectivity index (χ3n) is 4.37. The Balaban J connectivity index is 1.68. The summed E-state index contributed by atoms with van der Waals surface area (Å²) in [5.74, 6) is -0.0248. The van der Waals surface area contributed by atoms with Gasteiger partial charge in [0.2, 0.25) is 0 Å². The Morgan fingerprint density at radius 2 is 1.96 bits per heavy atom. The highest BCUT2D eigenvalue weighted by Crippen LogP contribution is 2.46. The number of non-ortho nitro benzene ring substituents is 1. The average molecular weight is 389 g/mol. The maximum atomic E-state index is 13.2. The van der Waals surface area contributed by atoms with Gasteiger partial charge >= 0.3 is 0 Å². The molecule has 2 atom stereocenters. The first-order chi connectivity index (χ1) is 12.5. The second kappa shape index (κ2) is 6.33. The number of nitrogens with zero attached hydrogens (tertiary/aromatic N) is 3. The molecule has 1 amide bonds. The van der Waals surface area contributed by atoms with Crippen LogP contribution in [0.15, 0.2) is 48.5 Å². The van der Waals surface area contributed by atoms with Crippen molar-refractivity contribution in [1.29, 1.82) is 0 Å². The van der Waals surface area contributed by atoms with E-state index in [1.807, 2.05) is 4.90 Å². The van der Waals surface area contributed by atoms with Crippen LogP contribution >= 0.6 is 24.0 Å². The maximum Gasteiger partial charge on any atom is 0.269 e. The van der Waals surface area contributed by atoms with Crippen LogP contribution in [0.2, 0.25) is 0 Å². The zero-order valence-corrected chi connectivity index (χ0v) is 14.9. The van der Waals surface area contributed by atoms with Crippen molar-refractivity contribution in [2.24, 2.45) is 0 Å². The Labute approximate surface area is 157 Å². The molecule has 4 rings (SSSR count). The molecule has 2 aliphatic rings. The molecular weight excluding hydrogens is 377 g/mol. The van der Waals surface area contributed by atoms with Crippen molar-refractivity contribution in [3.05, 3.63) is 70.0 Å². The van der Waals surface area contributed by atoms with E-state index in [0.29, 0.717) is 16.6 Å². The number of nitro groups is 1. The minimum atomic E-state index is -0.446. The smallest absolute Gasteiger partial charge is 0.269 e. The van der Waals surface area contributed by atoms with Crippen LogP contribution in [0.25, 0.3) is 0 Å². The van der Waals surface area contributed by atoms with E-state index in [-0.39, 0.29) is 17.0 Å². The lowest BCUT2D eigenvalue weighted by atomic mass is 10.1. The number of fused-ring (bicyclic) bond motifs is 1.